The zero-order chi connectivity index (χ0) is 34.2. The number of hydrogen-bond acceptors (Lipinski definition) is 9. The molecule has 1 aliphatic rings. The maximum atomic E-state index is 12.5. The highest BCUT2D eigenvalue weighted by Gasteiger charge is 2.29. The van der Waals surface area contributed by atoms with Gasteiger partial charge in [0.25, 0.3) is 0 Å². The smallest absolute Gasteiger partial charge is 0.407 e. The number of nitrogens with one attached hydrogen (secondary N) is 5. The lowest BCUT2D eigenvalue weighted by molar-refractivity contribution is -0.132. The fourth-order valence-electron chi connectivity index (χ4n) is 4.93. The van der Waals surface area contributed by atoms with E-state index in [4.69, 9.17) is 14.6 Å². The van der Waals surface area contributed by atoms with Gasteiger partial charge < -0.3 is 46.3 Å². The molecule has 2 aromatic carbocycles. The number of aliphatic hydroxyl groups is 2. The van der Waals surface area contributed by atoms with Crippen LogP contribution < -0.4 is 26.6 Å². The number of carbonyl (C=O) groups is 5. The van der Waals surface area contributed by atoms with Gasteiger partial charge >= 0.3 is 6.09 Å². The Kier molecular flexibility index (Phi) is 15.1. The Morgan fingerprint density at radius 3 is 2.02 bits per heavy atom. The maximum absolute atomic E-state index is 12.5. The van der Waals surface area contributed by atoms with Crippen LogP contribution >= 0.6 is 0 Å². The summed E-state index contributed by atoms with van der Waals surface area (Å²) in [5.41, 5.74) is 4.48. The van der Waals surface area contributed by atoms with Gasteiger partial charge in [0.2, 0.25) is 23.6 Å². The molecular formula is C33H45N5O9. The first-order valence-corrected chi connectivity index (χ1v) is 15.7. The number of alkyl carbamates (subject to hydrolysis) is 1. The van der Waals surface area contributed by atoms with Crippen LogP contribution in [0.2, 0.25) is 0 Å². The quantitative estimate of drug-likeness (QED) is 0.104. The summed E-state index contributed by atoms with van der Waals surface area (Å²) in [4.78, 5) is 61.4. The summed E-state index contributed by atoms with van der Waals surface area (Å²) in [5, 5.41) is 30.8. The first kappa shape index (κ1) is 36.9. The van der Waals surface area contributed by atoms with Gasteiger partial charge in [-0.2, -0.15) is 0 Å². The molecule has 0 bridgehead atoms. The Bertz CT molecular complexity index is 1330. The van der Waals surface area contributed by atoms with Gasteiger partial charge in [-0.1, -0.05) is 48.5 Å². The second-order valence-corrected chi connectivity index (χ2v) is 11.2. The first-order chi connectivity index (χ1) is 22.6. The molecule has 0 saturated heterocycles. The third kappa shape index (κ3) is 12.0. The Morgan fingerprint density at radius 2 is 1.36 bits per heavy atom. The van der Waals surface area contributed by atoms with Gasteiger partial charge in [-0.05, 0) is 42.5 Å². The number of ether oxygens (including phenoxy) is 2. The van der Waals surface area contributed by atoms with Gasteiger partial charge in [0.1, 0.15) is 24.8 Å². The molecule has 0 heterocycles. The summed E-state index contributed by atoms with van der Waals surface area (Å²) < 4.78 is 10.6. The third-order valence-corrected chi connectivity index (χ3v) is 7.45. The van der Waals surface area contributed by atoms with Crippen LogP contribution in [-0.2, 0) is 28.7 Å². The topological polar surface area (TPSA) is 204 Å². The van der Waals surface area contributed by atoms with E-state index in [0.717, 1.165) is 22.3 Å². The van der Waals surface area contributed by atoms with Crippen LogP contribution in [0.3, 0.4) is 0 Å². The molecule has 14 nitrogen and oxygen atoms in total. The van der Waals surface area contributed by atoms with E-state index < -0.39 is 42.0 Å². The van der Waals surface area contributed by atoms with Crippen LogP contribution in [0.1, 0.15) is 50.2 Å². The molecule has 0 aromatic heterocycles. The van der Waals surface area contributed by atoms with Crippen molar-refractivity contribution in [2.45, 2.75) is 57.2 Å². The van der Waals surface area contributed by atoms with Gasteiger partial charge in [0, 0.05) is 45.0 Å². The molecule has 1 aliphatic carbocycles. The van der Waals surface area contributed by atoms with Crippen molar-refractivity contribution in [3.8, 4) is 11.1 Å². The molecule has 3 atom stereocenters. The van der Waals surface area contributed by atoms with Crippen LogP contribution in [0, 0.1) is 0 Å². The predicted octanol–water partition coefficient (Wildman–Crippen LogP) is 0.307. The molecule has 0 fully saturated rings. The minimum Gasteiger partial charge on any atom is -0.449 e. The molecule has 256 valence electrons. The zero-order valence-corrected chi connectivity index (χ0v) is 26.8. The van der Waals surface area contributed by atoms with Crippen LogP contribution in [0.4, 0.5) is 4.79 Å². The second-order valence-electron chi connectivity index (χ2n) is 11.2. The van der Waals surface area contributed by atoms with Gasteiger partial charge in [0.15, 0.2) is 0 Å². The lowest BCUT2D eigenvalue weighted by atomic mass is 9.98. The summed E-state index contributed by atoms with van der Waals surface area (Å²) in [6.07, 6.45) is -1.26. The lowest BCUT2D eigenvalue weighted by Crippen LogP contribution is -2.52. The van der Waals surface area contributed by atoms with Gasteiger partial charge in [-0.3, -0.25) is 19.2 Å². The van der Waals surface area contributed by atoms with Crippen molar-refractivity contribution in [2.24, 2.45) is 0 Å². The van der Waals surface area contributed by atoms with Gasteiger partial charge in [-0.25, -0.2) is 4.79 Å². The van der Waals surface area contributed by atoms with E-state index >= 15 is 0 Å². The molecule has 2 aromatic rings. The first-order valence-electron chi connectivity index (χ1n) is 15.7. The Balaban J connectivity index is 1.25. The van der Waals surface area contributed by atoms with Crippen molar-refractivity contribution >= 4 is 29.7 Å². The van der Waals surface area contributed by atoms with Crippen LogP contribution in [0.5, 0.6) is 0 Å². The van der Waals surface area contributed by atoms with E-state index in [2.05, 4.69) is 38.7 Å². The molecular weight excluding hydrogens is 610 g/mol. The molecule has 0 aliphatic heterocycles. The molecule has 7 N–H and O–H groups in total. The minimum atomic E-state index is -0.942. The van der Waals surface area contributed by atoms with E-state index in [-0.39, 0.29) is 57.6 Å². The van der Waals surface area contributed by atoms with Crippen molar-refractivity contribution < 1.29 is 43.7 Å². The lowest BCUT2D eigenvalue weighted by Gasteiger charge is -2.18. The van der Waals surface area contributed by atoms with Crippen LogP contribution in [0.25, 0.3) is 11.1 Å². The van der Waals surface area contributed by atoms with Crippen LogP contribution in [0.15, 0.2) is 48.5 Å². The molecule has 5 amide bonds. The SMILES string of the molecule is CC(NC(=O)CCC(=O)NCCCOCC(O)CO)C(=O)N[C@@H](C)C(=O)NCCNC(=O)OCC1c2ccccc2-c2ccccc21. The van der Waals surface area contributed by atoms with Gasteiger partial charge in [0.05, 0.1) is 13.2 Å². The van der Waals surface area contributed by atoms with Crippen molar-refractivity contribution in [3.63, 3.8) is 0 Å². The molecule has 0 spiro atoms. The number of hydrogen-bond donors (Lipinski definition) is 7. The summed E-state index contributed by atoms with van der Waals surface area (Å²) in [6.45, 7) is 3.58. The highest BCUT2D eigenvalue weighted by atomic mass is 16.5. The van der Waals surface area contributed by atoms with E-state index in [1.807, 2.05) is 36.4 Å². The van der Waals surface area contributed by atoms with Crippen molar-refractivity contribution in [3.05, 3.63) is 59.7 Å². The summed E-state index contributed by atoms with van der Waals surface area (Å²) in [5.74, 6) is -1.95. The number of benzene rings is 2. The zero-order valence-electron chi connectivity index (χ0n) is 26.8. The van der Waals surface area contributed by atoms with E-state index in [0.29, 0.717) is 19.6 Å². The fourth-order valence-corrected chi connectivity index (χ4v) is 4.93. The molecule has 3 rings (SSSR count). The molecule has 14 heteroatoms. The summed E-state index contributed by atoms with van der Waals surface area (Å²) in [7, 11) is 0. The molecule has 2 unspecified atom stereocenters. The Morgan fingerprint density at radius 1 is 0.766 bits per heavy atom. The van der Waals surface area contributed by atoms with E-state index in [1.165, 1.54) is 13.8 Å². The Hall–Kier alpha value is -4.53. The van der Waals surface area contributed by atoms with E-state index in [1.54, 1.807) is 0 Å². The highest BCUT2D eigenvalue weighted by molar-refractivity contribution is 5.92. The average molecular weight is 656 g/mol. The molecule has 0 radical (unpaired) electrons. The summed E-state index contributed by atoms with van der Waals surface area (Å²) >= 11 is 0. The third-order valence-electron chi connectivity index (χ3n) is 7.45. The number of carbonyl (C=O) groups excluding carboxylic acids is 5. The standard InChI is InChI=1S/C33H45N5O9/c1-21(38-32(44)22(2)37-30(42)13-12-29(41)34-14-7-17-46-19-23(40)18-39)31(43)35-15-16-36-33(45)47-20-28-26-10-5-3-8-24(26)25-9-4-6-11-27(25)28/h3-6,8-11,21-23,28,39-40H,7,12-20H2,1-2H3,(H,34,41)(H,35,43)(H,36,45)(H,37,42)(H,38,44)/t21-,22?,23?/m0/s1. The predicted molar refractivity (Wildman–Crippen MR) is 172 cm³/mol. The fraction of sp³-hybridized carbons (Fsp3) is 0.485. The van der Waals surface area contributed by atoms with Crippen molar-refractivity contribution in [2.75, 3.05) is 46.1 Å². The summed E-state index contributed by atoms with van der Waals surface area (Å²) in [6, 6.07) is 14.2. The van der Waals surface area contributed by atoms with E-state index in [9.17, 15) is 29.1 Å². The second kappa shape index (κ2) is 19.2. The monoisotopic (exact) mass is 655 g/mol. The van der Waals surface area contributed by atoms with Crippen molar-refractivity contribution in [1.82, 2.24) is 26.6 Å². The van der Waals surface area contributed by atoms with Gasteiger partial charge in [-0.15, -0.1) is 0 Å². The normalized spacial score (nSPS) is 13.7. The number of fused-ring (bicyclic) bond motifs is 3. The number of rotatable bonds is 19. The average Bonchev–Trinajstić information content (AvgIpc) is 3.39. The largest absolute Gasteiger partial charge is 0.449 e. The highest BCUT2D eigenvalue weighted by Crippen LogP contribution is 2.44. The number of amides is 5. The van der Waals surface area contributed by atoms with Crippen LogP contribution in [-0.4, -0.2) is 104 Å². The van der Waals surface area contributed by atoms with Crippen molar-refractivity contribution in [1.29, 1.82) is 0 Å². The molecule has 0 saturated carbocycles. The Labute approximate surface area is 274 Å². The maximum Gasteiger partial charge on any atom is 0.407 e. The minimum absolute atomic E-state index is 0.00300. The molecule has 47 heavy (non-hydrogen) atoms. The number of aliphatic hydroxyl groups excluding tert-OH is 2.